The lowest BCUT2D eigenvalue weighted by Crippen LogP contribution is -2.65. The smallest absolute Gasteiger partial charge is 0.473 e. The zero-order valence-electron chi connectivity index (χ0n) is 17.5. The Bertz CT molecular complexity index is 912. The summed E-state index contributed by atoms with van der Waals surface area (Å²) in [5.41, 5.74) is -2.55. The number of ether oxygens (including phenoxy) is 1. The summed E-state index contributed by atoms with van der Waals surface area (Å²) >= 11 is 0. The van der Waals surface area contributed by atoms with Crippen LogP contribution >= 0.6 is 0 Å². The molecular weight excluding hydrogens is 598 g/mol. The van der Waals surface area contributed by atoms with Crippen LogP contribution in [0.3, 0.4) is 0 Å². The van der Waals surface area contributed by atoms with Crippen LogP contribution in [0.5, 0.6) is 0 Å². The monoisotopic (exact) mass is 608 g/mol. The summed E-state index contributed by atoms with van der Waals surface area (Å²) < 4.78 is 239. The third kappa shape index (κ3) is 5.30. The van der Waals surface area contributed by atoms with Gasteiger partial charge in [-0.05, 0) is 0 Å². The second-order valence-electron chi connectivity index (χ2n) is 7.23. The van der Waals surface area contributed by atoms with Crippen LogP contribution in [0.2, 0.25) is 0 Å². The van der Waals surface area contributed by atoms with Crippen LogP contribution in [0.4, 0.5) is 79.0 Å². The molecule has 2 atom stereocenters. The molecule has 4 nitrogen and oxygen atoms in total. The second kappa shape index (κ2) is 10.2. The first kappa shape index (κ1) is 35.4. The SMILES string of the molecule is C=C(C(=O)O)C(C(C)C(=O)OC(F)(F)C(F)(F)C(F)(F)C(F)(F)C(F)F)C(F)(F)C(F)(F)C(F)(F)C(F)F. The molecule has 0 saturated heterocycles. The summed E-state index contributed by atoms with van der Waals surface area (Å²) in [4.78, 5) is 22.6. The number of carbonyl (C=O) groups excluding carboxylic acids is 1. The first-order valence-electron chi connectivity index (χ1n) is 8.77. The van der Waals surface area contributed by atoms with Crippen molar-refractivity contribution in [3.05, 3.63) is 12.2 Å². The number of hydrogen-bond acceptors (Lipinski definition) is 3. The molecule has 0 amide bonds. The number of aliphatic carboxylic acids is 1. The quantitative estimate of drug-likeness (QED) is 0.150. The van der Waals surface area contributed by atoms with Crippen molar-refractivity contribution < 1.29 is 98.5 Å². The van der Waals surface area contributed by atoms with E-state index in [-0.39, 0.29) is 0 Å². The number of halogens is 18. The van der Waals surface area contributed by atoms with Crippen molar-refractivity contribution in [2.24, 2.45) is 11.8 Å². The predicted molar refractivity (Wildman–Crippen MR) is 82.2 cm³/mol. The molecule has 0 radical (unpaired) electrons. The van der Waals surface area contributed by atoms with Crippen molar-refractivity contribution in [3.8, 4) is 0 Å². The summed E-state index contributed by atoms with van der Waals surface area (Å²) in [5, 5.41) is 8.65. The van der Waals surface area contributed by atoms with Crippen molar-refractivity contribution in [1.29, 1.82) is 0 Å². The van der Waals surface area contributed by atoms with E-state index in [1.165, 1.54) is 0 Å². The first-order valence-corrected chi connectivity index (χ1v) is 8.77. The summed E-state index contributed by atoms with van der Waals surface area (Å²) in [7, 11) is 0. The summed E-state index contributed by atoms with van der Waals surface area (Å²) in [6.45, 7) is 1.64. The van der Waals surface area contributed by atoms with Crippen molar-refractivity contribution in [2.45, 2.75) is 61.4 Å². The Labute approximate surface area is 197 Å². The second-order valence-corrected chi connectivity index (χ2v) is 7.23. The molecule has 224 valence electrons. The van der Waals surface area contributed by atoms with Gasteiger partial charge in [0, 0.05) is 5.57 Å². The number of hydrogen-bond donors (Lipinski definition) is 1. The first-order chi connectivity index (χ1) is 16.4. The minimum absolute atomic E-state index is 0.467. The Hall–Kier alpha value is -2.58. The van der Waals surface area contributed by atoms with Crippen LogP contribution in [0.25, 0.3) is 0 Å². The number of alkyl halides is 18. The standard InChI is InChI=1S/C16H10F18O4/c1-3(6(35)36)5(10(21,22)13(27,28)11(23,24)8(17)18)4(2)7(37)38-16(33,34)15(31,32)14(29,30)12(25,26)9(19)20/h4-5,8-9H,1H2,2H3,(H,35,36). The lowest BCUT2D eigenvalue weighted by molar-refractivity contribution is -0.427. The van der Waals surface area contributed by atoms with E-state index in [1.807, 2.05) is 0 Å². The highest BCUT2D eigenvalue weighted by atomic mass is 19.4. The Morgan fingerprint density at radius 1 is 0.658 bits per heavy atom. The Morgan fingerprint density at radius 3 is 1.32 bits per heavy atom. The van der Waals surface area contributed by atoms with Gasteiger partial charge in [0.2, 0.25) is 0 Å². The van der Waals surface area contributed by atoms with Crippen LogP contribution in [-0.2, 0) is 14.3 Å². The molecule has 0 saturated carbocycles. The fourth-order valence-corrected chi connectivity index (χ4v) is 2.47. The maximum Gasteiger partial charge on any atom is 0.473 e. The Balaban J connectivity index is 6.71. The van der Waals surface area contributed by atoms with Gasteiger partial charge in [0.1, 0.15) is 0 Å². The van der Waals surface area contributed by atoms with Gasteiger partial charge in [0.15, 0.2) is 0 Å². The average molecular weight is 608 g/mol. The highest BCUT2D eigenvalue weighted by Crippen LogP contribution is 2.57. The van der Waals surface area contributed by atoms with Crippen molar-refractivity contribution in [3.63, 3.8) is 0 Å². The lowest BCUT2D eigenvalue weighted by atomic mass is 9.78. The zero-order chi connectivity index (χ0) is 31.2. The van der Waals surface area contributed by atoms with Crippen LogP contribution < -0.4 is 0 Å². The Kier molecular flexibility index (Phi) is 9.50. The summed E-state index contributed by atoms with van der Waals surface area (Å²) in [6, 6.07) is 0. The molecule has 38 heavy (non-hydrogen) atoms. The third-order valence-corrected chi connectivity index (χ3v) is 4.71. The molecule has 0 aromatic rings. The van der Waals surface area contributed by atoms with Crippen molar-refractivity contribution >= 4 is 11.9 Å². The fraction of sp³-hybridized carbons (Fsp3) is 0.750. The molecule has 0 heterocycles. The Morgan fingerprint density at radius 2 is 1.00 bits per heavy atom. The molecule has 0 aromatic carbocycles. The molecule has 2 unspecified atom stereocenters. The molecule has 0 spiro atoms. The molecule has 0 bridgehead atoms. The summed E-state index contributed by atoms with van der Waals surface area (Å²) in [5.74, 6) is -59.3. The summed E-state index contributed by atoms with van der Waals surface area (Å²) in [6.07, 6.45) is -18.8. The minimum atomic E-state index is -7.84. The van der Waals surface area contributed by atoms with Gasteiger partial charge in [0.05, 0.1) is 11.8 Å². The maximum atomic E-state index is 14.3. The van der Waals surface area contributed by atoms with E-state index < -0.39 is 90.8 Å². The molecule has 0 aliphatic rings. The number of carboxylic acids is 1. The predicted octanol–water partition coefficient (Wildman–Crippen LogP) is 6.36. The molecule has 0 aliphatic heterocycles. The van der Waals surface area contributed by atoms with E-state index in [1.54, 1.807) is 0 Å². The number of carboxylic acid groups (broad SMARTS) is 1. The fourth-order valence-electron chi connectivity index (χ4n) is 2.47. The third-order valence-electron chi connectivity index (χ3n) is 4.71. The van der Waals surface area contributed by atoms with Gasteiger partial charge in [-0.25, -0.2) is 22.4 Å². The molecular formula is C16H10F18O4. The van der Waals surface area contributed by atoms with Crippen LogP contribution in [0.1, 0.15) is 6.92 Å². The van der Waals surface area contributed by atoms with E-state index in [0.717, 1.165) is 0 Å². The van der Waals surface area contributed by atoms with Gasteiger partial charge in [-0.2, -0.15) is 61.5 Å². The largest absolute Gasteiger partial charge is 0.478 e. The van der Waals surface area contributed by atoms with E-state index in [9.17, 15) is 88.6 Å². The zero-order valence-corrected chi connectivity index (χ0v) is 17.5. The number of carbonyl (C=O) groups is 2. The molecule has 0 aliphatic carbocycles. The molecule has 1 N–H and O–H groups in total. The van der Waals surface area contributed by atoms with Gasteiger partial charge in [-0.1, -0.05) is 13.5 Å². The average Bonchev–Trinajstić information content (AvgIpc) is 2.71. The van der Waals surface area contributed by atoms with E-state index >= 15 is 0 Å². The van der Waals surface area contributed by atoms with Gasteiger partial charge < -0.3 is 9.84 Å². The minimum Gasteiger partial charge on any atom is -0.478 e. The topological polar surface area (TPSA) is 63.6 Å². The van der Waals surface area contributed by atoms with E-state index in [4.69, 9.17) is 5.11 Å². The molecule has 22 heteroatoms. The highest BCUT2D eigenvalue weighted by molar-refractivity contribution is 5.88. The van der Waals surface area contributed by atoms with E-state index in [0.29, 0.717) is 0 Å². The van der Waals surface area contributed by atoms with Gasteiger partial charge >= 0.3 is 66.4 Å². The van der Waals surface area contributed by atoms with Crippen molar-refractivity contribution in [2.75, 3.05) is 0 Å². The maximum absolute atomic E-state index is 14.3. The molecule has 0 aromatic heterocycles. The van der Waals surface area contributed by atoms with Gasteiger partial charge in [0.25, 0.3) is 0 Å². The number of rotatable bonds is 13. The highest BCUT2D eigenvalue weighted by Gasteiger charge is 2.85. The van der Waals surface area contributed by atoms with Crippen molar-refractivity contribution in [1.82, 2.24) is 0 Å². The van der Waals surface area contributed by atoms with Gasteiger partial charge in [-0.3, -0.25) is 4.79 Å². The normalized spacial score (nSPS) is 16.4. The van der Waals surface area contributed by atoms with E-state index in [2.05, 4.69) is 11.3 Å². The van der Waals surface area contributed by atoms with Crippen LogP contribution in [0, 0.1) is 11.8 Å². The lowest BCUT2D eigenvalue weighted by Gasteiger charge is -2.39. The molecule has 0 fully saturated rings. The van der Waals surface area contributed by atoms with Crippen LogP contribution in [-0.4, -0.2) is 71.5 Å². The number of esters is 1. The van der Waals surface area contributed by atoms with Gasteiger partial charge in [-0.15, -0.1) is 0 Å². The van der Waals surface area contributed by atoms with Crippen LogP contribution in [0.15, 0.2) is 12.2 Å². The molecule has 0 rings (SSSR count).